The van der Waals surface area contributed by atoms with Crippen molar-refractivity contribution in [2.24, 2.45) is 0 Å². The van der Waals surface area contributed by atoms with Gasteiger partial charge in [0.15, 0.2) is 5.69 Å². The molecule has 16 nitrogen and oxygen atoms in total. The molecule has 2 aromatic rings. The van der Waals surface area contributed by atoms with Gasteiger partial charge in [0.05, 0.1) is 25.5 Å². The maximum Gasteiger partial charge on any atom is 0.409 e. The van der Waals surface area contributed by atoms with Crippen LogP contribution in [0.25, 0.3) is 5.69 Å². The molecule has 3 amide bonds. The van der Waals surface area contributed by atoms with E-state index in [4.69, 9.17) is 18.9 Å². The third-order valence-electron chi connectivity index (χ3n) is 6.52. The third kappa shape index (κ3) is 9.42. The van der Waals surface area contributed by atoms with Crippen LogP contribution in [0.4, 0.5) is 4.79 Å². The molecule has 1 aliphatic heterocycles. The zero-order valence-electron chi connectivity index (χ0n) is 25.3. The summed E-state index contributed by atoms with van der Waals surface area (Å²) in [6, 6.07) is 8.34. The van der Waals surface area contributed by atoms with Gasteiger partial charge in [-0.05, 0) is 39.3 Å². The van der Waals surface area contributed by atoms with E-state index >= 15 is 0 Å². The number of carboxylic acids is 1. The number of carbonyl (C=O) groups is 6. The highest BCUT2D eigenvalue weighted by Gasteiger charge is 2.35. The molecule has 2 heterocycles. The predicted octanol–water partition coefficient (Wildman–Crippen LogP) is 1.01. The molecule has 0 bridgehead atoms. The quantitative estimate of drug-likeness (QED) is 0.171. The van der Waals surface area contributed by atoms with Crippen molar-refractivity contribution < 1.29 is 52.8 Å². The van der Waals surface area contributed by atoms with E-state index in [1.54, 1.807) is 51.1 Å². The minimum absolute atomic E-state index is 0.0344. The fourth-order valence-corrected chi connectivity index (χ4v) is 4.36. The first-order chi connectivity index (χ1) is 21.6. The third-order valence-corrected chi connectivity index (χ3v) is 6.52. The number of rotatable bonds is 14. The van der Waals surface area contributed by atoms with Gasteiger partial charge < -0.3 is 39.2 Å². The second-order valence-electron chi connectivity index (χ2n) is 9.59. The van der Waals surface area contributed by atoms with E-state index < -0.39 is 54.4 Å². The number of esters is 2. The van der Waals surface area contributed by atoms with E-state index in [0.29, 0.717) is 5.69 Å². The maximum absolute atomic E-state index is 13.4. The van der Waals surface area contributed by atoms with Crippen molar-refractivity contribution in [3.63, 3.8) is 0 Å². The van der Waals surface area contributed by atoms with Crippen LogP contribution in [0.5, 0.6) is 5.88 Å². The van der Waals surface area contributed by atoms with Gasteiger partial charge in [-0.2, -0.15) is 5.10 Å². The fourth-order valence-electron chi connectivity index (χ4n) is 4.36. The van der Waals surface area contributed by atoms with Crippen molar-refractivity contribution >= 4 is 35.8 Å². The van der Waals surface area contributed by atoms with Crippen molar-refractivity contribution in [1.82, 2.24) is 24.9 Å². The molecule has 0 unspecified atom stereocenters. The highest BCUT2D eigenvalue weighted by Crippen LogP contribution is 2.22. The standard InChI is InChI=1S/C29H37N5O11/c1-4-42-27(39)24(28(40)43-5-2)45-22-18-21(31-34(22)19-10-8-7-9-11-19)25(37)30-20(12-13-23(35)36)26(38)32-14-16-33(17-15-32)29(41)44-6-3/h7-11,18,20,24H,4-6,12-17H2,1-3H3,(H,30,37)(H,35,36)/t20-/m0/s1. The number of carboxylic acid groups (broad SMARTS) is 1. The van der Waals surface area contributed by atoms with Gasteiger partial charge in [0.2, 0.25) is 11.8 Å². The first-order valence-corrected chi connectivity index (χ1v) is 14.5. The Morgan fingerprint density at radius 2 is 1.44 bits per heavy atom. The topological polar surface area (TPSA) is 196 Å². The number of ether oxygens (including phenoxy) is 4. The Morgan fingerprint density at radius 1 is 0.867 bits per heavy atom. The summed E-state index contributed by atoms with van der Waals surface area (Å²) >= 11 is 0. The molecule has 1 atom stereocenters. The molecule has 45 heavy (non-hydrogen) atoms. The van der Waals surface area contributed by atoms with Crippen molar-refractivity contribution in [3.8, 4) is 11.6 Å². The molecule has 16 heteroatoms. The van der Waals surface area contributed by atoms with Crippen LogP contribution in [-0.4, -0.2) is 119 Å². The van der Waals surface area contributed by atoms with Gasteiger partial charge in [-0.3, -0.25) is 14.4 Å². The molecule has 1 aliphatic rings. The van der Waals surface area contributed by atoms with Gasteiger partial charge >= 0.3 is 24.0 Å². The Balaban J connectivity index is 1.87. The molecule has 1 saturated heterocycles. The Kier molecular flexibility index (Phi) is 12.7. The number of carbonyl (C=O) groups excluding carboxylic acids is 5. The van der Waals surface area contributed by atoms with Gasteiger partial charge in [0.25, 0.3) is 12.0 Å². The minimum atomic E-state index is -1.82. The van der Waals surface area contributed by atoms with Crippen LogP contribution in [0.15, 0.2) is 36.4 Å². The first-order valence-electron chi connectivity index (χ1n) is 14.5. The van der Waals surface area contributed by atoms with E-state index in [0.717, 1.165) is 0 Å². The average molecular weight is 632 g/mol. The molecule has 244 valence electrons. The van der Waals surface area contributed by atoms with Crippen molar-refractivity contribution in [1.29, 1.82) is 0 Å². The molecule has 2 N–H and O–H groups in total. The predicted molar refractivity (Wildman–Crippen MR) is 155 cm³/mol. The lowest BCUT2D eigenvalue weighted by Crippen LogP contribution is -2.56. The molecular weight excluding hydrogens is 594 g/mol. The molecule has 0 aliphatic carbocycles. The number of nitrogens with one attached hydrogen (secondary N) is 1. The minimum Gasteiger partial charge on any atom is -0.481 e. The lowest BCUT2D eigenvalue weighted by atomic mass is 10.1. The monoisotopic (exact) mass is 631 g/mol. The van der Waals surface area contributed by atoms with E-state index in [2.05, 4.69) is 10.4 Å². The normalized spacial score (nSPS) is 13.5. The number of benzene rings is 1. The SMILES string of the molecule is CCOC(=O)C(Oc1cc(C(=O)N[C@@H](CCC(=O)O)C(=O)N2CCN(C(=O)OCC)CC2)nn1-c1ccccc1)C(=O)OCC. The van der Waals surface area contributed by atoms with Gasteiger partial charge in [-0.25, -0.2) is 19.1 Å². The van der Waals surface area contributed by atoms with Gasteiger partial charge in [0.1, 0.15) is 6.04 Å². The number of nitrogens with zero attached hydrogens (tertiary/aromatic N) is 4. The van der Waals surface area contributed by atoms with Crippen LogP contribution in [0.1, 0.15) is 44.1 Å². The second kappa shape index (κ2) is 16.6. The van der Waals surface area contributed by atoms with Crippen molar-refractivity contribution in [2.75, 3.05) is 46.0 Å². The number of aliphatic carboxylic acids is 1. The van der Waals surface area contributed by atoms with Crippen molar-refractivity contribution in [2.45, 2.75) is 45.8 Å². The molecule has 1 aromatic carbocycles. The fraction of sp³-hybridized carbons (Fsp3) is 0.483. The zero-order chi connectivity index (χ0) is 32.9. The van der Waals surface area contributed by atoms with Gasteiger partial charge in [0, 0.05) is 38.7 Å². The van der Waals surface area contributed by atoms with E-state index in [1.165, 1.54) is 20.5 Å². The molecule has 1 aromatic heterocycles. The first kappa shape index (κ1) is 34.3. The van der Waals surface area contributed by atoms with Crippen LogP contribution in [0.3, 0.4) is 0 Å². The lowest BCUT2D eigenvalue weighted by Gasteiger charge is -2.35. The smallest absolute Gasteiger partial charge is 0.409 e. The van der Waals surface area contributed by atoms with E-state index in [-0.39, 0.29) is 64.0 Å². The summed E-state index contributed by atoms with van der Waals surface area (Å²) < 4.78 is 21.8. The number of para-hydroxylation sites is 1. The largest absolute Gasteiger partial charge is 0.481 e. The average Bonchev–Trinajstić information content (AvgIpc) is 3.46. The number of aromatic nitrogens is 2. The van der Waals surface area contributed by atoms with Crippen LogP contribution >= 0.6 is 0 Å². The Morgan fingerprint density at radius 3 is 2.00 bits per heavy atom. The molecule has 3 rings (SSSR count). The van der Waals surface area contributed by atoms with Crippen molar-refractivity contribution in [3.05, 3.63) is 42.1 Å². The molecule has 1 fully saturated rings. The zero-order valence-corrected chi connectivity index (χ0v) is 25.3. The van der Waals surface area contributed by atoms with Crippen LogP contribution in [0, 0.1) is 0 Å². The van der Waals surface area contributed by atoms with Crippen LogP contribution < -0.4 is 10.1 Å². The Labute approximate surface area is 259 Å². The highest BCUT2D eigenvalue weighted by molar-refractivity contribution is 5.99. The van der Waals surface area contributed by atoms with Crippen LogP contribution in [-0.2, 0) is 33.4 Å². The molecule has 0 radical (unpaired) electrons. The van der Waals surface area contributed by atoms with Gasteiger partial charge in [-0.1, -0.05) is 18.2 Å². The maximum atomic E-state index is 13.4. The second-order valence-corrected chi connectivity index (χ2v) is 9.59. The summed E-state index contributed by atoms with van der Waals surface area (Å²) in [6.07, 6.45) is -2.94. The molecule has 0 spiro atoms. The lowest BCUT2D eigenvalue weighted by molar-refractivity contribution is -0.166. The number of amides is 3. The summed E-state index contributed by atoms with van der Waals surface area (Å²) in [5, 5.41) is 16.1. The van der Waals surface area contributed by atoms with E-state index in [1.807, 2.05) is 0 Å². The molecule has 0 saturated carbocycles. The number of hydrogen-bond donors (Lipinski definition) is 2. The Hall–Kier alpha value is -5.15. The summed E-state index contributed by atoms with van der Waals surface area (Å²) in [6.45, 7) is 5.65. The Bertz CT molecular complexity index is 1340. The number of hydrogen-bond acceptors (Lipinski definition) is 11. The summed E-state index contributed by atoms with van der Waals surface area (Å²) in [5.74, 6) is -4.73. The van der Waals surface area contributed by atoms with E-state index in [9.17, 15) is 33.9 Å². The highest BCUT2D eigenvalue weighted by atomic mass is 16.6. The molecular formula is C29H37N5O11. The van der Waals surface area contributed by atoms with Crippen LogP contribution in [0.2, 0.25) is 0 Å². The summed E-state index contributed by atoms with van der Waals surface area (Å²) in [4.78, 5) is 78.3. The summed E-state index contributed by atoms with van der Waals surface area (Å²) in [7, 11) is 0. The van der Waals surface area contributed by atoms with Gasteiger partial charge in [-0.15, -0.1) is 0 Å². The number of piperazine rings is 1. The summed E-state index contributed by atoms with van der Waals surface area (Å²) in [5.41, 5.74) is 0.163.